The predicted octanol–water partition coefficient (Wildman–Crippen LogP) is 7.78. The van der Waals surface area contributed by atoms with Gasteiger partial charge in [-0.2, -0.15) is 20.1 Å². The molecule has 276 valence electrons. The summed E-state index contributed by atoms with van der Waals surface area (Å²) in [5, 5.41) is 1.87. The van der Waals surface area contributed by atoms with Crippen LogP contribution in [0.15, 0.2) is 60.2 Å². The largest absolute Gasteiger partial charge is 0.479 e. The second kappa shape index (κ2) is 16.8. The number of carbonyl (C=O) groups is 3. The summed E-state index contributed by atoms with van der Waals surface area (Å²) in [7, 11) is 0. The lowest BCUT2D eigenvalue weighted by Crippen LogP contribution is -2.42. The lowest BCUT2D eigenvalue weighted by molar-refractivity contribution is -0.132. The zero-order valence-electron chi connectivity index (χ0n) is 29.1. The van der Waals surface area contributed by atoms with Crippen LogP contribution >= 0.6 is 11.3 Å². The van der Waals surface area contributed by atoms with E-state index in [1.807, 2.05) is 47.4 Å². The van der Waals surface area contributed by atoms with E-state index in [2.05, 4.69) is 9.74 Å². The number of Topliss-reactive ketones (excluding diaryl/α,β-unsaturated/α-hetero) is 2. The Hall–Kier alpha value is -4.90. The molecule has 3 aromatic carbocycles. The van der Waals surface area contributed by atoms with Gasteiger partial charge in [-0.25, -0.2) is 13.6 Å². The Labute approximate surface area is 308 Å². The molecule has 2 aliphatic heterocycles. The number of ether oxygens (including phenoxy) is 2. The minimum Gasteiger partial charge on any atom is -0.479 e. The molecule has 53 heavy (non-hydrogen) atoms. The Balaban J connectivity index is 0.967. The fourth-order valence-electron chi connectivity index (χ4n) is 6.73. The first-order chi connectivity index (χ1) is 25.5. The van der Waals surface area contributed by atoms with Crippen LogP contribution in [0.3, 0.4) is 0 Å². The van der Waals surface area contributed by atoms with E-state index in [1.54, 1.807) is 0 Å². The van der Waals surface area contributed by atoms with E-state index in [9.17, 15) is 31.9 Å². The fourth-order valence-corrected chi connectivity index (χ4v) is 8.04. The van der Waals surface area contributed by atoms with Crippen molar-refractivity contribution in [3.05, 3.63) is 116 Å². The first-order valence-corrected chi connectivity index (χ1v) is 18.1. The molecule has 2 aliphatic rings. The Kier molecular flexibility index (Phi) is 12.0. The molecule has 3 heterocycles. The van der Waals surface area contributed by atoms with Gasteiger partial charge in [0.25, 0.3) is 0 Å². The standard InChI is InChI=1S/C40H37F4N3O5S/c1-24(33(49)23-52-40-37(43)30(41)19-31(42)38(40)44)14-18-51-26-9-6-15-46(21-26)16-13-36(50)47-17-12-29-35(22-47)53-34(39(29)45-2)20-32(48)28-11-5-8-25-7-3-4-10-27(25)28/h3-5,7-8,10-11,14,19,26H,6,9,12-13,15-18,20-23H2,1H3/b24-14+. The molecule has 8 nitrogen and oxygen atoms in total. The molecule has 0 spiro atoms. The summed E-state index contributed by atoms with van der Waals surface area (Å²) in [6, 6.07) is 13.5. The molecule has 0 N–H and O–H groups in total. The van der Waals surface area contributed by atoms with Gasteiger partial charge in [0.05, 0.1) is 25.8 Å². The number of fused-ring (bicyclic) bond motifs is 2. The molecule has 1 fully saturated rings. The summed E-state index contributed by atoms with van der Waals surface area (Å²) in [4.78, 5) is 48.7. The van der Waals surface area contributed by atoms with Gasteiger partial charge in [0, 0.05) is 53.9 Å². The molecule has 0 saturated carbocycles. The van der Waals surface area contributed by atoms with Gasteiger partial charge in [-0.3, -0.25) is 14.4 Å². The third-order valence-electron chi connectivity index (χ3n) is 9.66. The van der Waals surface area contributed by atoms with Crippen molar-refractivity contribution in [1.82, 2.24) is 9.80 Å². The van der Waals surface area contributed by atoms with Crippen LogP contribution in [0.5, 0.6) is 5.75 Å². The van der Waals surface area contributed by atoms with Crippen molar-refractivity contribution in [2.45, 2.75) is 51.7 Å². The molecular weight excluding hydrogens is 711 g/mol. The van der Waals surface area contributed by atoms with Crippen molar-refractivity contribution in [1.29, 1.82) is 0 Å². The lowest BCUT2D eigenvalue weighted by Gasteiger charge is -2.33. The maximum Gasteiger partial charge on any atom is 0.224 e. The minimum atomic E-state index is -1.72. The monoisotopic (exact) mass is 747 g/mol. The van der Waals surface area contributed by atoms with Gasteiger partial charge in [-0.05, 0) is 54.6 Å². The molecule has 0 radical (unpaired) electrons. The van der Waals surface area contributed by atoms with Gasteiger partial charge in [0.15, 0.2) is 35.6 Å². The Bertz CT molecular complexity index is 2100. The molecule has 0 bridgehead atoms. The van der Waals surface area contributed by atoms with Gasteiger partial charge in [-0.15, -0.1) is 0 Å². The molecule has 0 aliphatic carbocycles. The second-order valence-corrected chi connectivity index (χ2v) is 14.3. The number of likely N-dealkylation sites (tertiary alicyclic amines) is 1. The first-order valence-electron chi connectivity index (χ1n) is 17.3. The van der Waals surface area contributed by atoms with E-state index in [4.69, 9.17) is 16.0 Å². The molecule has 6 rings (SSSR count). The van der Waals surface area contributed by atoms with Gasteiger partial charge in [0.1, 0.15) is 0 Å². The van der Waals surface area contributed by atoms with Gasteiger partial charge >= 0.3 is 0 Å². The van der Waals surface area contributed by atoms with Crippen LogP contribution in [-0.2, 0) is 33.7 Å². The molecule has 4 aromatic rings. The van der Waals surface area contributed by atoms with E-state index in [1.165, 1.54) is 24.3 Å². The highest BCUT2D eigenvalue weighted by Crippen LogP contribution is 2.40. The van der Waals surface area contributed by atoms with Crippen molar-refractivity contribution in [2.24, 2.45) is 0 Å². The summed E-state index contributed by atoms with van der Waals surface area (Å²) >= 11 is 1.45. The van der Waals surface area contributed by atoms with Crippen molar-refractivity contribution in [3.8, 4) is 5.75 Å². The molecule has 1 atom stereocenters. The number of amides is 1. The number of halogens is 4. The van der Waals surface area contributed by atoms with Crippen molar-refractivity contribution in [2.75, 3.05) is 39.4 Å². The van der Waals surface area contributed by atoms with Crippen molar-refractivity contribution >= 4 is 45.3 Å². The van der Waals surface area contributed by atoms with Crippen molar-refractivity contribution < 1.29 is 41.4 Å². The van der Waals surface area contributed by atoms with E-state index < -0.39 is 41.4 Å². The third kappa shape index (κ3) is 8.67. The van der Waals surface area contributed by atoms with Gasteiger partial charge < -0.3 is 19.3 Å². The summed E-state index contributed by atoms with van der Waals surface area (Å²) in [6.45, 7) is 11.5. The molecule has 1 aromatic heterocycles. The maximum atomic E-state index is 13.8. The Morgan fingerprint density at radius 3 is 2.57 bits per heavy atom. The second-order valence-electron chi connectivity index (χ2n) is 13.1. The zero-order chi connectivity index (χ0) is 37.6. The number of hydrogen-bond donors (Lipinski definition) is 0. The lowest BCUT2D eigenvalue weighted by atomic mass is 9.98. The number of carbonyl (C=O) groups excluding carboxylic acids is 3. The van der Waals surface area contributed by atoms with Gasteiger partial charge in [0.2, 0.25) is 23.2 Å². The zero-order valence-corrected chi connectivity index (χ0v) is 29.9. The summed E-state index contributed by atoms with van der Waals surface area (Å²) in [5.74, 6) is -8.64. The van der Waals surface area contributed by atoms with Crippen LogP contribution in [0.25, 0.3) is 15.6 Å². The van der Waals surface area contributed by atoms with Gasteiger partial charge in [-0.1, -0.05) is 48.5 Å². The third-order valence-corrected chi connectivity index (χ3v) is 10.9. The van der Waals surface area contributed by atoms with E-state index >= 15 is 0 Å². The van der Waals surface area contributed by atoms with E-state index in [0.29, 0.717) is 50.3 Å². The molecule has 1 unspecified atom stereocenters. The smallest absolute Gasteiger partial charge is 0.224 e. The number of benzene rings is 3. The van der Waals surface area contributed by atoms with Crippen LogP contribution in [0, 0.1) is 29.8 Å². The number of hydrogen-bond acceptors (Lipinski definition) is 7. The highest BCUT2D eigenvalue weighted by molar-refractivity contribution is 7.13. The van der Waals surface area contributed by atoms with E-state index in [-0.39, 0.29) is 42.5 Å². The first kappa shape index (κ1) is 37.8. The molecule has 13 heteroatoms. The molecular formula is C40H37F4N3O5S. The number of piperidine rings is 1. The van der Waals surface area contributed by atoms with E-state index in [0.717, 1.165) is 45.5 Å². The summed E-state index contributed by atoms with van der Waals surface area (Å²) < 4.78 is 65.2. The SMILES string of the molecule is [C-]#[N+]c1c(CC(=O)c2cccc3ccccc23)sc2c1CCN(C(=O)CCN1CCCC(OC/C=C(\C)C(=O)COc3c(F)c(F)cc(F)c3F)C1)C2. The fraction of sp³-hybridized carbons (Fsp3) is 0.350. The number of nitrogens with zero attached hydrogens (tertiary/aromatic N) is 3. The maximum absolute atomic E-state index is 13.8. The van der Waals surface area contributed by atoms with Crippen LogP contribution in [0.1, 0.15) is 51.9 Å². The number of thiophene rings is 1. The highest BCUT2D eigenvalue weighted by Gasteiger charge is 2.29. The Morgan fingerprint density at radius 2 is 1.79 bits per heavy atom. The normalized spacial score (nSPS) is 16.3. The van der Waals surface area contributed by atoms with Crippen LogP contribution < -0.4 is 4.74 Å². The quantitative estimate of drug-likeness (QED) is 0.0457. The average Bonchev–Trinajstić information content (AvgIpc) is 3.51. The summed E-state index contributed by atoms with van der Waals surface area (Å²) in [6.07, 6.45) is 4.04. The minimum absolute atomic E-state index is 0.0184. The topological polar surface area (TPSA) is 80.5 Å². The highest BCUT2D eigenvalue weighted by atomic mass is 32.1. The number of rotatable bonds is 13. The average molecular weight is 748 g/mol. The molecule has 1 saturated heterocycles. The van der Waals surface area contributed by atoms with Crippen molar-refractivity contribution in [3.63, 3.8) is 0 Å². The predicted molar refractivity (Wildman–Crippen MR) is 192 cm³/mol. The molecule has 1 amide bonds. The summed E-state index contributed by atoms with van der Waals surface area (Å²) in [5.41, 5.74) is 2.31. The Morgan fingerprint density at radius 1 is 1.04 bits per heavy atom. The van der Waals surface area contributed by atoms with Crippen LogP contribution in [-0.4, -0.2) is 72.8 Å². The van der Waals surface area contributed by atoms with Crippen LogP contribution in [0.4, 0.5) is 23.2 Å². The van der Waals surface area contributed by atoms with Crippen LogP contribution in [0.2, 0.25) is 0 Å². The number of ketones is 2.